The van der Waals surface area contributed by atoms with Crippen molar-refractivity contribution < 1.29 is 0 Å². The molecule has 0 unspecified atom stereocenters. The van der Waals surface area contributed by atoms with Crippen LogP contribution in [-0.2, 0) is 0 Å². The van der Waals surface area contributed by atoms with E-state index in [2.05, 4.69) is 44.5 Å². The minimum atomic E-state index is 1.11. The summed E-state index contributed by atoms with van der Waals surface area (Å²) < 4.78 is 2.22. The van der Waals surface area contributed by atoms with E-state index in [1.54, 1.807) is 6.26 Å². The lowest BCUT2D eigenvalue weighted by atomic mass is 10.4. The van der Waals surface area contributed by atoms with Gasteiger partial charge in [0.1, 0.15) is 0 Å². The summed E-state index contributed by atoms with van der Waals surface area (Å²) in [6.07, 6.45) is 1.69. The molecule has 0 radical (unpaired) electrons. The Morgan fingerprint density at radius 2 is 1.10 bits per heavy atom. The SMILES string of the molecule is Brc1ccc(Br)cc1.CS. The van der Waals surface area contributed by atoms with Crippen LogP contribution >= 0.6 is 44.5 Å². The standard InChI is InChI=1S/C6H4Br2.CH4S/c7-5-1-2-6(8)4-3-5;1-2/h1-4H;2H,1H3. The second-order valence-electron chi connectivity index (χ2n) is 1.44. The highest BCUT2D eigenvalue weighted by molar-refractivity contribution is 9.11. The molecule has 0 saturated carbocycles. The Hall–Kier alpha value is 0.530. The number of hydrogen-bond donors (Lipinski definition) is 1. The molecule has 0 fully saturated rings. The van der Waals surface area contributed by atoms with Gasteiger partial charge in [0.15, 0.2) is 0 Å². The zero-order valence-corrected chi connectivity index (χ0v) is 9.58. The summed E-state index contributed by atoms with van der Waals surface area (Å²) in [7, 11) is 0. The number of thiol groups is 1. The molecule has 1 aromatic rings. The molecule has 0 amide bonds. The van der Waals surface area contributed by atoms with E-state index in [4.69, 9.17) is 0 Å². The van der Waals surface area contributed by atoms with Gasteiger partial charge in [-0.1, -0.05) is 31.9 Å². The summed E-state index contributed by atoms with van der Waals surface area (Å²) in [5.41, 5.74) is 0. The minimum Gasteiger partial charge on any atom is -0.183 e. The van der Waals surface area contributed by atoms with Gasteiger partial charge in [0.2, 0.25) is 0 Å². The van der Waals surface area contributed by atoms with E-state index in [0.29, 0.717) is 0 Å². The van der Waals surface area contributed by atoms with Gasteiger partial charge in [-0.25, -0.2) is 0 Å². The Kier molecular flexibility index (Phi) is 6.59. The lowest BCUT2D eigenvalue weighted by Gasteiger charge is -1.86. The van der Waals surface area contributed by atoms with Crippen molar-refractivity contribution in [1.29, 1.82) is 0 Å². The molecule has 0 aliphatic rings. The Morgan fingerprint density at radius 1 is 0.900 bits per heavy atom. The number of rotatable bonds is 0. The third kappa shape index (κ3) is 4.36. The van der Waals surface area contributed by atoms with Gasteiger partial charge in [-0.3, -0.25) is 0 Å². The minimum absolute atomic E-state index is 1.11. The van der Waals surface area contributed by atoms with Gasteiger partial charge in [0, 0.05) is 8.95 Å². The van der Waals surface area contributed by atoms with Crippen molar-refractivity contribution in [3.63, 3.8) is 0 Å². The largest absolute Gasteiger partial charge is 0.183 e. The van der Waals surface area contributed by atoms with Gasteiger partial charge >= 0.3 is 0 Å². The Balaban J connectivity index is 0.000000371. The molecule has 0 N–H and O–H groups in total. The third-order valence-corrected chi connectivity index (χ3v) is 1.86. The Labute approximate surface area is 83.7 Å². The monoisotopic (exact) mass is 282 g/mol. The zero-order valence-electron chi connectivity index (χ0n) is 5.51. The zero-order chi connectivity index (χ0) is 7.98. The van der Waals surface area contributed by atoms with Crippen molar-refractivity contribution in [2.24, 2.45) is 0 Å². The first-order valence-corrected chi connectivity index (χ1v) is 5.13. The topological polar surface area (TPSA) is 0 Å². The highest BCUT2D eigenvalue weighted by Gasteiger charge is 1.83. The first-order chi connectivity index (χ1) is 4.79. The van der Waals surface area contributed by atoms with E-state index < -0.39 is 0 Å². The molecule has 10 heavy (non-hydrogen) atoms. The van der Waals surface area contributed by atoms with Crippen molar-refractivity contribution in [3.05, 3.63) is 33.2 Å². The van der Waals surface area contributed by atoms with Crippen molar-refractivity contribution >= 4 is 44.5 Å². The molecule has 0 atom stereocenters. The molecule has 0 aromatic heterocycles. The van der Waals surface area contributed by atoms with Gasteiger partial charge in [-0.15, -0.1) is 0 Å². The third-order valence-electron chi connectivity index (χ3n) is 0.804. The van der Waals surface area contributed by atoms with E-state index >= 15 is 0 Å². The van der Waals surface area contributed by atoms with E-state index in [1.807, 2.05) is 24.3 Å². The van der Waals surface area contributed by atoms with Gasteiger partial charge in [-0.2, -0.15) is 12.6 Å². The van der Waals surface area contributed by atoms with Gasteiger partial charge < -0.3 is 0 Å². The number of benzene rings is 1. The van der Waals surface area contributed by atoms with Crippen molar-refractivity contribution in [1.82, 2.24) is 0 Å². The van der Waals surface area contributed by atoms with Crippen LogP contribution < -0.4 is 0 Å². The summed E-state index contributed by atoms with van der Waals surface area (Å²) >= 11 is 10.2. The van der Waals surface area contributed by atoms with E-state index in [1.165, 1.54) is 0 Å². The molecule has 3 heteroatoms. The normalized spacial score (nSPS) is 8.00. The quantitative estimate of drug-likeness (QED) is 0.689. The van der Waals surface area contributed by atoms with Crippen LogP contribution in [0.25, 0.3) is 0 Å². The summed E-state index contributed by atoms with van der Waals surface area (Å²) in [4.78, 5) is 0. The molecule has 0 aliphatic carbocycles. The first-order valence-electron chi connectivity index (χ1n) is 2.65. The van der Waals surface area contributed by atoms with E-state index in [9.17, 15) is 0 Å². The van der Waals surface area contributed by atoms with Gasteiger partial charge in [-0.05, 0) is 30.5 Å². The van der Waals surface area contributed by atoms with Crippen molar-refractivity contribution in [2.45, 2.75) is 0 Å². The molecule has 56 valence electrons. The Bertz CT molecular complexity index is 150. The van der Waals surface area contributed by atoms with Gasteiger partial charge in [0.05, 0.1) is 0 Å². The molecule has 1 aromatic carbocycles. The summed E-state index contributed by atoms with van der Waals surface area (Å²) in [6, 6.07) is 7.96. The van der Waals surface area contributed by atoms with Crippen LogP contribution in [-0.4, -0.2) is 6.26 Å². The molecule has 0 aliphatic heterocycles. The number of halogens is 2. The van der Waals surface area contributed by atoms with Gasteiger partial charge in [0.25, 0.3) is 0 Å². The first kappa shape index (κ1) is 10.5. The molecule has 0 bridgehead atoms. The fourth-order valence-corrected chi connectivity index (χ4v) is 0.958. The summed E-state index contributed by atoms with van der Waals surface area (Å²) in [5.74, 6) is 0. The molecule has 1 rings (SSSR count). The fourth-order valence-electron chi connectivity index (χ4n) is 0.430. The summed E-state index contributed by atoms with van der Waals surface area (Å²) in [5, 5.41) is 0. The molecular weight excluding hydrogens is 276 g/mol. The average Bonchev–Trinajstić information content (AvgIpc) is 2.00. The lowest BCUT2D eigenvalue weighted by molar-refractivity contribution is 1.61. The van der Waals surface area contributed by atoms with E-state index in [-0.39, 0.29) is 0 Å². The average molecular weight is 284 g/mol. The molecule has 0 nitrogen and oxygen atoms in total. The van der Waals surface area contributed by atoms with Crippen LogP contribution in [0.2, 0.25) is 0 Å². The lowest BCUT2D eigenvalue weighted by Crippen LogP contribution is -1.61. The van der Waals surface area contributed by atoms with Crippen LogP contribution in [0.15, 0.2) is 33.2 Å². The Morgan fingerprint density at radius 3 is 1.30 bits per heavy atom. The maximum absolute atomic E-state index is 3.53. The maximum Gasteiger partial charge on any atom is 0.0176 e. The highest BCUT2D eigenvalue weighted by Crippen LogP contribution is 2.13. The summed E-state index contributed by atoms with van der Waals surface area (Å²) in [6.45, 7) is 0. The smallest absolute Gasteiger partial charge is 0.0176 e. The maximum atomic E-state index is 3.53. The van der Waals surface area contributed by atoms with E-state index in [0.717, 1.165) is 8.95 Å². The molecule has 0 saturated heterocycles. The molecular formula is C7H8Br2S. The molecule has 0 heterocycles. The second kappa shape index (κ2) is 6.25. The second-order valence-corrected chi connectivity index (χ2v) is 3.27. The van der Waals surface area contributed by atoms with Crippen LogP contribution in [0.3, 0.4) is 0 Å². The van der Waals surface area contributed by atoms with Crippen molar-refractivity contribution in [3.8, 4) is 0 Å². The van der Waals surface area contributed by atoms with Crippen LogP contribution in [0, 0.1) is 0 Å². The predicted octanol–water partition coefficient (Wildman–Crippen LogP) is 3.76. The van der Waals surface area contributed by atoms with Crippen LogP contribution in [0.5, 0.6) is 0 Å². The highest BCUT2D eigenvalue weighted by atomic mass is 79.9. The predicted molar refractivity (Wildman–Crippen MR) is 56.8 cm³/mol. The number of hydrogen-bond acceptors (Lipinski definition) is 1. The van der Waals surface area contributed by atoms with Crippen molar-refractivity contribution in [2.75, 3.05) is 6.26 Å². The van der Waals surface area contributed by atoms with Crippen LogP contribution in [0.1, 0.15) is 0 Å². The fraction of sp³-hybridized carbons (Fsp3) is 0.143. The van der Waals surface area contributed by atoms with Crippen LogP contribution in [0.4, 0.5) is 0 Å². The molecule has 0 spiro atoms.